The van der Waals surface area contributed by atoms with Gasteiger partial charge >= 0.3 is 11.7 Å². The highest BCUT2D eigenvalue weighted by atomic mass is 16.6. The number of nitrogens with zero attached hydrogens (tertiary/aromatic N) is 4. The van der Waals surface area contributed by atoms with Crippen molar-refractivity contribution in [3.63, 3.8) is 0 Å². The molecule has 2 aliphatic rings. The number of fused-ring (bicyclic) bond motifs is 1. The van der Waals surface area contributed by atoms with Gasteiger partial charge in [0.05, 0.1) is 22.6 Å². The number of hydrogen-bond acceptors (Lipinski definition) is 8. The fraction of sp³-hybridized carbons (Fsp3) is 0.395. The molecule has 11 heteroatoms. The van der Waals surface area contributed by atoms with E-state index in [1.165, 1.54) is 0 Å². The number of hydrogen-bond donors (Lipinski definition) is 1. The molecule has 1 saturated carbocycles. The number of esters is 1. The first-order valence-corrected chi connectivity index (χ1v) is 18.9. The number of pyridine rings is 1. The second-order valence-electron chi connectivity index (χ2n) is 15.4. The van der Waals surface area contributed by atoms with Crippen LogP contribution < -0.4 is 20.5 Å². The zero-order chi connectivity index (χ0) is 37.8. The van der Waals surface area contributed by atoms with Crippen LogP contribution in [0.2, 0.25) is 0 Å². The first-order valence-electron chi connectivity index (χ1n) is 18.9. The molecule has 1 atom stereocenters. The SMILES string of the molecule is Cn1c(=O)n(-c2ccc(OCc3ccccc3)nc2OCc2ccccc2)c2cccc(NC3CCC(C(=O)N4CC[C@H](C(=O)OC(C)(C)C)C4)CC3)c21. The number of rotatable bonds is 11. The molecule has 0 bridgehead atoms. The number of likely N-dealkylation sites (tertiary alicyclic amines) is 1. The second kappa shape index (κ2) is 15.8. The number of aryl methyl sites for hydroxylation is 1. The lowest BCUT2D eigenvalue weighted by atomic mass is 9.85. The Morgan fingerprint density at radius 1 is 0.796 bits per heavy atom. The summed E-state index contributed by atoms with van der Waals surface area (Å²) in [5, 5.41) is 3.71. The van der Waals surface area contributed by atoms with Crippen molar-refractivity contribution < 1.29 is 23.8 Å². The molecule has 5 aromatic rings. The number of nitrogens with one attached hydrogen (secondary N) is 1. The molecule has 54 heavy (non-hydrogen) atoms. The summed E-state index contributed by atoms with van der Waals surface area (Å²) in [5.74, 6) is 0.261. The molecule has 282 valence electrons. The molecule has 0 unspecified atom stereocenters. The Labute approximate surface area is 315 Å². The van der Waals surface area contributed by atoms with Crippen LogP contribution in [-0.2, 0) is 34.6 Å². The summed E-state index contributed by atoms with van der Waals surface area (Å²) in [7, 11) is 1.78. The third-order valence-electron chi connectivity index (χ3n) is 10.2. The molecule has 7 rings (SSSR count). The normalized spacial score (nSPS) is 18.7. The zero-order valence-electron chi connectivity index (χ0n) is 31.5. The van der Waals surface area contributed by atoms with Crippen molar-refractivity contribution in [2.75, 3.05) is 18.4 Å². The molecule has 1 aliphatic heterocycles. The lowest BCUT2D eigenvalue weighted by molar-refractivity contribution is -0.159. The number of ether oxygens (including phenoxy) is 3. The highest BCUT2D eigenvalue weighted by Gasteiger charge is 2.37. The van der Waals surface area contributed by atoms with Crippen LogP contribution in [0.15, 0.2) is 95.8 Å². The number of para-hydroxylation sites is 1. The van der Waals surface area contributed by atoms with Crippen molar-refractivity contribution in [3.05, 3.63) is 113 Å². The minimum Gasteiger partial charge on any atom is -0.473 e. The average molecular weight is 732 g/mol. The maximum absolute atomic E-state index is 14.0. The summed E-state index contributed by atoms with van der Waals surface area (Å²) in [6.07, 6.45) is 3.79. The van der Waals surface area contributed by atoms with Crippen LogP contribution in [0.5, 0.6) is 11.8 Å². The first-order chi connectivity index (χ1) is 26.0. The highest BCUT2D eigenvalue weighted by molar-refractivity contribution is 5.90. The predicted molar refractivity (Wildman–Crippen MR) is 208 cm³/mol. The number of benzene rings is 3. The molecule has 11 nitrogen and oxygen atoms in total. The molecule has 3 heterocycles. The van der Waals surface area contributed by atoms with E-state index in [2.05, 4.69) is 5.32 Å². The van der Waals surface area contributed by atoms with Crippen LogP contribution in [0.3, 0.4) is 0 Å². The summed E-state index contributed by atoms with van der Waals surface area (Å²) < 4.78 is 21.2. The van der Waals surface area contributed by atoms with Gasteiger partial charge in [-0.05, 0) is 82.2 Å². The monoisotopic (exact) mass is 731 g/mol. The van der Waals surface area contributed by atoms with Crippen molar-refractivity contribution in [1.82, 2.24) is 19.0 Å². The summed E-state index contributed by atoms with van der Waals surface area (Å²) in [6, 6.07) is 29.3. The number of carbonyl (C=O) groups excluding carboxylic acids is 2. The molecule has 3 aromatic carbocycles. The zero-order valence-corrected chi connectivity index (χ0v) is 31.5. The second-order valence-corrected chi connectivity index (χ2v) is 15.4. The largest absolute Gasteiger partial charge is 0.473 e. The maximum atomic E-state index is 14.0. The van der Waals surface area contributed by atoms with Crippen LogP contribution >= 0.6 is 0 Å². The minimum absolute atomic E-state index is 0.0666. The van der Waals surface area contributed by atoms with Gasteiger partial charge in [-0.3, -0.25) is 18.7 Å². The number of aromatic nitrogens is 3. The van der Waals surface area contributed by atoms with Crippen molar-refractivity contribution in [1.29, 1.82) is 0 Å². The predicted octanol–water partition coefficient (Wildman–Crippen LogP) is 7.04. The standard InChI is InChI=1S/C43H49N5O6/c1-43(2,3)54-41(50)32-24-25-47(26-32)40(49)31-18-20-33(21-19-31)44-34-16-11-17-35-38(34)46(4)42(51)48(35)36-22-23-37(52-27-29-12-7-5-8-13-29)45-39(36)53-28-30-14-9-6-10-15-30/h5-17,22-23,31-33,44H,18-21,24-28H2,1-4H3/t31?,32-,33?/m0/s1. The Bertz CT molecular complexity index is 2150. The van der Waals surface area contributed by atoms with E-state index >= 15 is 0 Å². The van der Waals surface area contributed by atoms with E-state index in [4.69, 9.17) is 19.2 Å². The minimum atomic E-state index is -0.542. The van der Waals surface area contributed by atoms with E-state index < -0.39 is 5.60 Å². The number of anilines is 1. The van der Waals surface area contributed by atoms with Gasteiger partial charge in [-0.15, -0.1) is 0 Å². The van der Waals surface area contributed by atoms with E-state index in [1.54, 1.807) is 22.2 Å². The average Bonchev–Trinajstić information content (AvgIpc) is 3.77. The third kappa shape index (κ3) is 8.30. The van der Waals surface area contributed by atoms with E-state index in [1.807, 2.05) is 111 Å². The lowest BCUT2D eigenvalue weighted by Crippen LogP contribution is -2.39. The van der Waals surface area contributed by atoms with E-state index in [0.717, 1.165) is 48.0 Å². The van der Waals surface area contributed by atoms with Gasteiger partial charge in [-0.1, -0.05) is 66.7 Å². The Balaban J connectivity index is 1.07. The van der Waals surface area contributed by atoms with Crippen LogP contribution in [0.25, 0.3) is 16.7 Å². The smallest absolute Gasteiger partial charge is 0.333 e. The maximum Gasteiger partial charge on any atom is 0.333 e. The third-order valence-corrected chi connectivity index (χ3v) is 10.2. The molecular weight excluding hydrogens is 683 g/mol. The van der Waals surface area contributed by atoms with Gasteiger partial charge in [-0.2, -0.15) is 4.98 Å². The summed E-state index contributed by atoms with van der Waals surface area (Å²) in [5.41, 5.74) is 4.07. The van der Waals surface area contributed by atoms with Gasteiger partial charge in [0.1, 0.15) is 24.5 Å². The Morgan fingerprint density at radius 2 is 1.46 bits per heavy atom. The van der Waals surface area contributed by atoms with Crippen molar-refractivity contribution >= 4 is 28.6 Å². The molecule has 1 saturated heterocycles. The number of amides is 1. The molecule has 1 N–H and O–H groups in total. The van der Waals surface area contributed by atoms with Crippen molar-refractivity contribution in [3.8, 4) is 17.4 Å². The van der Waals surface area contributed by atoms with Crippen LogP contribution in [0.1, 0.15) is 64.0 Å². The summed E-state index contributed by atoms with van der Waals surface area (Å²) in [6.45, 7) is 7.22. The lowest BCUT2D eigenvalue weighted by Gasteiger charge is -2.31. The van der Waals surface area contributed by atoms with Gasteiger partial charge in [0.2, 0.25) is 17.7 Å². The summed E-state index contributed by atoms with van der Waals surface area (Å²) >= 11 is 0. The summed E-state index contributed by atoms with van der Waals surface area (Å²) in [4.78, 5) is 46.7. The molecule has 1 amide bonds. The number of imidazole rings is 1. The molecule has 0 radical (unpaired) electrons. The van der Waals surface area contributed by atoms with E-state index in [9.17, 15) is 14.4 Å². The fourth-order valence-electron chi connectivity index (χ4n) is 7.49. The molecule has 1 aliphatic carbocycles. The van der Waals surface area contributed by atoms with Gasteiger partial charge in [0.25, 0.3) is 0 Å². The van der Waals surface area contributed by atoms with Gasteiger partial charge in [0, 0.05) is 38.2 Å². The Kier molecular flexibility index (Phi) is 10.8. The Hall–Kier alpha value is -5.58. The Morgan fingerprint density at radius 3 is 2.13 bits per heavy atom. The topological polar surface area (TPSA) is 117 Å². The van der Waals surface area contributed by atoms with Crippen LogP contribution in [0.4, 0.5) is 5.69 Å². The van der Waals surface area contributed by atoms with Gasteiger partial charge in [0.15, 0.2) is 0 Å². The van der Waals surface area contributed by atoms with E-state index in [0.29, 0.717) is 43.2 Å². The van der Waals surface area contributed by atoms with Crippen LogP contribution in [-0.4, -0.2) is 55.6 Å². The molecule has 2 aromatic heterocycles. The van der Waals surface area contributed by atoms with Gasteiger partial charge in [-0.25, -0.2) is 4.79 Å². The first kappa shape index (κ1) is 36.8. The van der Waals surface area contributed by atoms with Crippen molar-refractivity contribution in [2.24, 2.45) is 18.9 Å². The fourth-order valence-corrected chi connectivity index (χ4v) is 7.49. The van der Waals surface area contributed by atoms with E-state index in [-0.39, 0.29) is 47.9 Å². The van der Waals surface area contributed by atoms with Gasteiger partial charge < -0.3 is 24.4 Å². The highest BCUT2D eigenvalue weighted by Crippen LogP contribution is 2.34. The molecule has 0 spiro atoms. The quantitative estimate of drug-likeness (QED) is 0.144. The molecule has 2 fully saturated rings. The number of carbonyl (C=O) groups is 2. The molecular formula is C43H49N5O6. The van der Waals surface area contributed by atoms with Crippen LogP contribution in [0, 0.1) is 11.8 Å². The van der Waals surface area contributed by atoms with Crippen molar-refractivity contribution in [2.45, 2.75) is 77.7 Å².